The van der Waals surface area contributed by atoms with Crippen molar-refractivity contribution in [1.82, 2.24) is 5.32 Å². The number of rotatable bonds is 10. The topological polar surface area (TPSA) is 30.5 Å². The third-order valence-electron chi connectivity index (χ3n) is 4.41. The van der Waals surface area contributed by atoms with E-state index in [1.165, 1.54) is 11.1 Å². The SMILES string of the molecule is CCOc1cc(CNCCc2ccccc2)ccc1OCc1ccccc1Cl. The van der Waals surface area contributed by atoms with Crippen molar-refractivity contribution in [1.29, 1.82) is 0 Å². The van der Waals surface area contributed by atoms with Crippen molar-refractivity contribution >= 4 is 11.6 Å². The van der Waals surface area contributed by atoms with Crippen LogP contribution in [0.25, 0.3) is 0 Å². The zero-order valence-electron chi connectivity index (χ0n) is 16.2. The largest absolute Gasteiger partial charge is 0.490 e. The zero-order chi connectivity index (χ0) is 19.6. The van der Waals surface area contributed by atoms with Crippen LogP contribution in [0.2, 0.25) is 5.02 Å². The van der Waals surface area contributed by atoms with Gasteiger partial charge in [0.2, 0.25) is 0 Å². The normalized spacial score (nSPS) is 10.6. The van der Waals surface area contributed by atoms with E-state index in [9.17, 15) is 0 Å². The van der Waals surface area contributed by atoms with Gasteiger partial charge in [0, 0.05) is 17.1 Å². The molecule has 0 atom stereocenters. The lowest BCUT2D eigenvalue weighted by Crippen LogP contribution is -2.16. The van der Waals surface area contributed by atoms with Crippen molar-refractivity contribution in [3.8, 4) is 11.5 Å². The standard InChI is InChI=1S/C24H26ClNO2/c1-2-27-24-16-20(17-26-15-14-19-8-4-3-5-9-19)12-13-23(24)28-18-21-10-6-7-11-22(21)25/h3-13,16,26H,2,14-15,17-18H2,1H3. The van der Waals surface area contributed by atoms with Crippen molar-refractivity contribution in [2.45, 2.75) is 26.5 Å². The van der Waals surface area contributed by atoms with Gasteiger partial charge in [-0.2, -0.15) is 0 Å². The van der Waals surface area contributed by atoms with Crippen LogP contribution < -0.4 is 14.8 Å². The quantitative estimate of drug-likeness (QED) is 0.450. The highest BCUT2D eigenvalue weighted by Crippen LogP contribution is 2.30. The van der Waals surface area contributed by atoms with Gasteiger partial charge in [-0.05, 0) is 49.2 Å². The summed E-state index contributed by atoms with van der Waals surface area (Å²) < 4.78 is 11.8. The number of ether oxygens (including phenoxy) is 2. The fourth-order valence-electron chi connectivity index (χ4n) is 2.93. The van der Waals surface area contributed by atoms with E-state index >= 15 is 0 Å². The summed E-state index contributed by atoms with van der Waals surface area (Å²) in [7, 11) is 0. The predicted octanol–water partition coefficient (Wildman–Crippen LogP) is 5.65. The Hall–Kier alpha value is -2.49. The Morgan fingerprint density at radius 2 is 1.61 bits per heavy atom. The van der Waals surface area contributed by atoms with Gasteiger partial charge in [-0.15, -0.1) is 0 Å². The summed E-state index contributed by atoms with van der Waals surface area (Å²) in [6.45, 7) is 4.70. The van der Waals surface area contributed by atoms with Crippen LogP contribution in [0.4, 0.5) is 0 Å². The molecular weight excluding hydrogens is 370 g/mol. The Bertz CT molecular complexity index is 867. The fraction of sp³-hybridized carbons (Fsp3) is 0.250. The summed E-state index contributed by atoms with van der Waals surface area (Å²) in [5.74, 6) is 1.49. The van der Waals surface area contributed by atoms with E-state index < -0.39 is 0 Å². The van der Waals surface area contributed by atoms with Crippen molar-refractivity contribution in [2.24, 2.45) is 0 Å². The van der Waals surface area contributed by atoms with Crippen LogP contribution in [-0.2, 0) is 19.6 Å². The Morgan fingerprint density at radius 1 is 0.821 bits per heavy atom. The van der Waals surface area contributed by atoms with Gasteiger partial charge in [0.15, 0.2) is 11.5 Å². The highest BCUT2D eigenvalue weighted by atomic mass is 35.5. The minimum Gasteiger partial charge on any atom is -0.490 e. The van der Waals surface area contributed by atoms with E-state index in [1.807, 2.05) is 49.4 Å². The van der Waals surface area contributed by atoms with Crippen LogP contribution >= 0.6 is 11.6 Å². The van der Waals surface area contributed by atoms with Crippen molar-refractivity contribution in [3.63, 3.8) is 0 Å². The summed E-state index contributed by atoms with van der Waals surface area (Å²) in [4.78, 5) is 0. The van der Waals surface area contributed by atoms with E-state index in [4.69, 9.17) is 21.1 Å². The van der Waals surface area contributed by atoms with E-state index in [0.717, 1.165) is 36.6 Å². The van der Waals surface area contributed by atoms with Crippen molar-refractivity contribution in [3.05, 3.63) is 94.5 Å². The molecule has 3 nitrogen and oxygen atoms in total. The molecule has 0 saturated heterocycles. The Morgan fingerprint density at radius 3 is 2.39 bits per heavy atom. The average molecular weight is 396 g/mol. The number of hydrogen-bond donors (Lipinski definition) is 1. The number of hydrogen-bond acceptors (Lipinski definition) is 3. The second kappa shape index (κ2) is 10.7. The molecule has 3 rings (SSSR count). The monoisotopic (exact) mass is 395 g/mol. The van der Waals surface area contributed by atoms with E-state index in [1.54, 1.807) is 0 Å². The first kappa shape index (κ1) is 20.2. The molecule has 0 radical (unpaired) electrons. The lowest BCUT2D eigenvalue weighted by atomic mass is 10.1. The second-order valence-electron chi connectivity index (χ2n) is 6.51. The van der Waals surface area contributed by atoms with Crippen molar-refractivity contribution < 1.29 is 9.47 Å². The molecule has 0 fully saturated rings. The number of benzene rings is 3. The maximum absolute atomic E-state index is 6.21. The highest BCUT2D eigenvalue weighted by molar-refractivity contribution is 6.31. The van der Waals surface area contributed by atoms with Crippen LogP contribution in [0, 0.1) is 0 Å². The van der Waals surface area contributed by atoms with Gasteiger partial charge in [-0.3, -0.25) is 0 Å². The van der Waals surface area contributed by atoms with Gasteiger partial charge < -0.3 is 14.8 Å². The molecule has 0 amide bonds. The first-order valence-corrected chi connectivity index (χ1v) is 10.0. The van der Waals surface area contributed by atoms with Gasteiger partial charge in [-0.25, -0.2) is 0 Å². The molecular formula is C24H26ClNO2. The van der Waals surface area contributed by atoms with Gasteiger partial charge in [-0.1, -0.05) is 66.2 Å². The molecule has 4 heteroatoms. The van der Waals surface area contributed by atoms with Crippen LogP contribution in [0.15, 0.2) is 72.8 Å². The molecule has 146 valence electrons. The molecule has 0 aliphatic rings. The highest BCUT2D eigenvalue weighted by Gasteiger charge is 2.08. The number of nitrogens with one attached hydrogen (secondary N) is 1. The second-order valence-corrected chi connectivity index (χ2v) is 6.91. The maximum Gasteiger partial charge on any atom is 0.161 e. The molecule has 1 N–H and O–H groups in total. The first-order chi connectivity index (χ1) is 13.8. The average Bonchev–Trinajstić information content (AvgIpc) is 2.73. The third-order valence-corrected chi connectivity index (χ3v) is 4.78. The number of halogens is 1. The molecule has 28 heavy (non-hydrogen) atoms. The lowest BCUT2D eigenvalue weighted by molar-refractivity contribution is 0.269. The molecule has 0 aliphatic heterocycles. The van der Waals surface area contributed by atoms with Gasteiger partial charge in [0.05, 0.1) is 6.61 Å². The molecule has 0 aromatic heterocycles. The van der Waals surface area contributed by atoms with Crippen LogP contribution in [-0.4, -0.2) is 13.2 Å². The van der Waals surface area contributed by atoms with Gasteiger partial charge in [0.1, 0.15) is 6.61 Å². The lowest BCUT2D eigenvalue weighted by Gasteiger charge is -2.14. The van der Waals surface area contributed by atoms with E-state index in [0.29, 0.717) is 18.2 Å². The molecule has 0 unspecified atom stereocenters. The first-order valence-electron chi connectivity index (χ1n) is 9.63. The molecule has 3 aromatic carbocycles. The van der Waals surface area contributed by atoms with Crippen LogP contribution in [0.5, 0.6) is 11.5 Å². The van der Waals surface area contributed by atoms with Crippen molar-refractivity contribution in [2.75, 3.05) is 13.2 Å². The molecule has 0 spiro atoms. The van der Waals surface area contributed by atoms with Gasteiger partial charge in [0.25, 0.3) is 0 Å². The molecule has 0 heterocycles. The summed E-state index contributed by atoms with van der Waals surface area (Å²) in [6, 6.07) is 24.3. The maximum atomic E-state index is 6.21. The van der Waals surface area contributed by atoms with E-state index in [2.05, 4.69) is 35.6 Å². The van der Waals surface area contributed by atoms with Gasteiger partial charge >= 0.3 is 0 Å². The molecule has 0 aliphatic carbocycles. The minimum absolute atomic E-state index is 0.411. The zero-order valence-corrected chi connectivity index (χ0v) is 16.9. The van der Waals surface area contributed by atoms with Crippen LogP contribution in [0.3, 0.4) is 0 Å². The Balaban J connectivity index is 1.56. The minimum atomic E-state index is 0.411. The summed E-state index contributed by atoms with van der Waals surface area (Å²) in [5, 5.41) is 4.20. The molecule has 3 aromatic rings. The predicted molar refractivity (Wildman–Crippen MR) is 115 cm³/mol. The molecule has 0 bridgehead atoms. The third kappa shape index (κ3) is 6.01. The summed E-state index contributed by atoms with van der Waals surface area (Å²) in [5.41, 5.74) is 3.47. The summed E-state index contributed by atoms with van der Waals surface area (Å²) >= 11 is 6.21. The Kier molecular flexibility index (Phi) is 7.77. The Labute approximate surface area is 172 Å². The summed E-state index contributed by atoms with van der Waals surface area (Å²) in [6.07, 6.45) is 1.01. The molecule has 0 saturated carbocycles. The smallest absolute Gasteiger partial charge is 0.161 e. The van der Waals surface area contributed by atoms with Crippen LogP contribution in [0.1, 0.15) is 23.6 Å². The fourth-order valence-corrected chi connectivity index (χ4v) is 3.12. The van der Waals surface area contributed by atoms with E-state index in [-0.39, 0.29) is 0 Å².